The molecule has 2 atom stereocenters. The molecule has 1 aliphatic rings. The molecule has 12 nitrogen and oxygen atoms in total. The summed E-state index contributed by atoms with van der Waals surface area (Å²) in [6, 6.07) is 22.8. The second-order valence-electron chi connectivity index (χ2n) is 13.8. The van der Waals surface area contributed by atoms with Crippen molar-refractivity contribution in [1.82, 2.24) is 20.4 Å². The molecule has 4 amide bonds. The van der Waals surface area contributed by atoms with Gasteiger partial charge < -0.3 is 34.6 Å². The Kier molecular flexibility index (Phi) is 13.6. The number of carbonyl (C=O) groups is 5. The van der Waals surface area contributed by atoms with Gasteiger partial charge in [0, 0.05) is 38.2 Å². The van der Waals surface area contributed by atoms with Gasteiger partial charge >= 0.3 is 18.2 Å². The Hall–Kier alpha value is -5.39. The Morgan fingerprint density at radius 3 is 1.90 bits per heavy atom. The first kappa shape index (κ1) is 38.4. The van der Waals surface area contributed by atoms with E-state index in [0.29, 0.717) is 49.5 Å². The van der Waals surface area contributed by atoms with Gasteiger partial charge in [0.1, 0.15) is 30.0 Å². The van der Waals surface area contributed by atoms with Gasteiger partial charge in [0.05, 0.1) is 0 Å². The third kappa shape index (κ3) is 12.5. The molecule has 51 heavy (non-hydrogen) atoms. The molecule has 12 heteroatoms. The molecule has 1 saturated heterocycles. The molecule has 3 aromatic carbocycles. The van der Waals surface area contributed by atoms with Gasteiger partial charge in [-0.25, -0.2) is 14.4 Å². The van der Waals surface area contributed by atoms with Crippen LogP contribution >= 0.6 is 0 Å². The largest absolute Gasteiger partial charge is 0.458 e. The van der Waals surface area contributed by atoms with Gasteiger partial charge in [0.15, 0.2) is 0 Å². The molecule has 2 N–H and O–H groups in total. The summed E-state index contributed by atoms with van der Waals surface area (Å²) in [6.07, 6.45) is -0.883. The van der Waals surface area contributed by atoms with Crippen LogP contribution in [-0.2, 0) is 32.1 Å². The Morgan fingerprint density at radius 1 is 0.725 bits per heavy atom. The number of alkyl carbamates (subject to hydrolysis) is 1. The van der Waals surface area contributed by atoms with Crippen molar-refractivity contribution in [3.63, 3.8) is 0 Å². The summed E-state index contributed by atoms with van der Waals surface area (Å²) in [5, 5.41) is 5.43. The molecule has 4 rings (SSSR count). The number of amides is 4. The van der Waals surface area contributed by atoms with Gasteiger partial charge in [-0.3, -0.25) is 9.59 Å². The Balaban J connectivity index is 1.35. The van der Waals surface area contributed by atoms with Gasteiger partial charge in [-0.05, 0) is 68.5 Å². The van der Waals surface area contributed by atoms with Crippen LogP contribution in [-0.4, -0.2) is 83.6 Å². The van der Waals surface area contributed by atoms with E-state index in [1.807, 2.05) is 62.4 Å². The highest BCUT2D eigenvalue weighted by atomic mass is 16.6. The van der Waals surface area contributed by atoms with Crippen LogP contribution in [0.15, 0.2) is 84.9 Å². The lowest BCUT2D eigenvalue weighted by Crippen LogP contribution is -2.53. The molecule has 1 aliphatic heterocycles. The molecule has 272 valence electrons. The molecule has 0 unspecified atom stereocenters. The van der Waals surface area contributed by atoms with E-state index in [9.17, 15) is 24.0 Å². The minimum atomic E-state index is -1.07. The highest BCUT2D eigenvalue weighted by Gasteiger charge is 2.31. The lowest BCUT2D eigenvalue weighted by Gasteiger charge is -2.34. The molecule has 0 aromatic heterocycles. The molecular formula is C39H48N4O8. The first-order valence-electron chi connectivity index (χ1n) is 17.2. The zero-order valence-electron chi connectivity index (χ0n) is 29.9. The molecule has 0 aliphatic carbocycles. The quantitative estimate of drug-likeness (QED) is 0.241. The Bertz CT molecular complexity index is 1620. The number of hydrogen-bond donors (Lipinski definition) is 2. The third-order valence-corrected chi connectivity index (χ3v) is 7.95. The lowest BCUT2D eigenvalue weighted by atomic mass is 10.0. The van der Waals surface area contributed by atoms with Crippen molar-refractivity contribution in [2.24, 2.45) is 5.92 Å². The first-order valence-corrected chi connectivity index (χ1v) is 17.2. The molecule has 0 radical (unpaired) electrons. The number of benzene rings is 3. The van der Waals surface area contributed by atoms with E-state index in [0.717, 1.165) is 5.56 Å². The molecule has 1 fully saturated rings. The van der Waals surface area contributed by atoms with E-state index < -0.39 is 41.7 Å². The standard InChI is InChI=1S/C39H48N4O8/c1-27(2)24-32(41-37(47)49-26-29-12-8-6-9-13-29)34(44)40-33(36(46)51-39(3,4)5)25-28-16-18-31(19-17-28)50-38(48)43-22-20-42(21-23-43)35(45)30-14-10-7-11-15-30/h6-19,27,32-33H,20-26H2,1-5H3,(H,40,44)(H,41,47)/t32-,33-/m0/s1. The smallest absolute Gasteiger partial charge is 0.415 e. The van der Waals surface area contributed by atoms with Gasteiger partial charge in [0.2, 0.25) is 5.91 Å². The SMILES string of the molecule is CC(C)C[C@H](NC(=O)OCc1ccccc1)C(=O)N[C@@H](Cc1ccc(OC(=O)N2CCN(C(=O)c3ccccc3)CC2)cc1)C(=O)OC(C)(C)C. The number of rotatable bonds is 12. The average molecular weight is 701 g/mol. The number of hydrogen-bond acceptors (Lipinski definition) is 8. The molecule has 1 heterocycles. The van der Waals surface area contributed by atoms with E-state index in [2.05, 4.69) is 10.6 Å². The topological polar surface area (TPSA) is 144 Å². The maximum atomic E-state index is 13.5. The monoisotopic (exact) mass is 700 g/mol. The summed E-state index contributed by atoms with van der Waals surface area (Å²) in [6.45, 7) is 10.5. The third-order valence-electron chi connectivity index (χ3n) is 7.95. The second kappa shape index (κ2) is 18.0. The zero-order valence-corrected chi connectivity index (χ0v) is 29.9. The summed E-state index contributed by atoms with van der Waals surface area (Å²) in [5.41, 5.74) is 1.27. The van der Waals surface area contributed by atoms with E-state index in [4.69, 9.17) is 14.2 Å². The maximum Gasteiger partial charge on any atom is 0.415 e. The summed E-state index contributed by atoms with van der Waals surface area (Å²) < 4.78 is 16.6. The fraction of sp³-hybridized carbons (Fsp3) is 0.410. The van der Waals surface area contributed by atoms with E-state index in [1.54, 1.807) is 67.0 Å². The number of nitrogens with zero attached hydrogens (tertiary/aromatic N) is 2. The number of piperazine rings is 1. The Labute approximate surface area is 299 Å². The van der Waals surface area contributed by atoms with Crippen molar-refractivity contribution in [2.75, 3.05) is 26.2 Å². The summed E-state index contributed by atoms with van der Waals surface area (Å²) in [5.74, 6) is -0.905. The van der Waals surface area contributed by atoms with Gasteiger partial charge in [-0.1, -0.05) is 74.5 Å². The summed E-state index contributed by atoms with van der Waals surface area (Å²) in [4.78, 5) is 68.4. The maximum absolute atomic E-state index is 13.5. The van der Waals surface area contributed by atoms with Crippen LogP contribution in [0.3, 0.4) is 0 Å². The van der Waals surface area contributed by atoms with Crippen LogP contribution in [0.2, 0.25) is 0 Å². The summed E-state index contributed by atoms with van der Waals surface area (Å²) in [7, 11) is 0. The number of esters is 1. The molecule has 3 aromatic rings. The first-order chi connectivity index (χ1) is 24.3. The normalized spacial score (nSPS) is 14.2. The van der Waals surface area contributed by atoms with Crippen molar-refractivity contribution in [1.29, 1.82) is 0 Å². The van der Waals surface area contributed by atoms with Gasteiger partial charge in [-0.2, -0.15) is 0 Å². The fourth-order valence-corrected chi connectivity index (χ4v) is 5.40. The van der Waals surface area contributed by atoms with Crippen molar-refractivity contribution in [3.05, 3.63) is 102 Å². The molecule has 0 bridgehead atoms. The predicted molar refractivity (Wildman–Crippen MR) is 191 cm³/mol. The van der Waals surface area contributed by atoms with Crippen molar-refractivity contribution in [2.45, 2.75) is 71.8 Å². The van der Waals surface area contributed by atoms with E-state index in [-0.39, 0.29) is 24.9 Å². The lowest BCUT2D eigenvalue weighted by molar-refractivity contribution is -0.158. The number of nitrogens with one attached hydrogen (secondary N) is 2. The van der Waals surface area contributed by atoms with E-state index in [1.165, 1.54) is 0 Å². The highest BCUT2D eigenvalue weighted by molar-refractivity contribution is 5.94. The predicted octanol–water partition coefficient (Wildman–Crippen LogP) is 5.35. The van der Waals surface area contributed by atoms with Crippen molar-refractivity contribution < 1.29 is 38.2 Å². The molecule has 0 spiro atoms. The minimum absolute atomic E-state index is 0.0426. The number of ether oxygens (including phenoxy) is 3. The summed E-state index contributed by atoms with van der Waals surface area (Å²) >= 11 is 0. The zero-order chi connectivity index (χ0) is 37.0. The van der Waals surface area contributed by atoms with Gasteiger partial charge in [-0.15, -0.1) is 0 Å². The van der Waals surface area contributed by atoms with Crippen molar-refractivity contribution >= 4 is 30.0 Å². The average Bonchev–Trinajstić information content (AvgIpc) is 3.10. The van der Waals surface area contributed by atoms with Crippen molar-refractivity contribution in [3.8, 4) is 5.75 Å². The van der Waals surface area contributed by atoms with Crippen LogP contribution in [0.25, 0.3) is 0 Å². The molecular weight excluding hydrogens is 652 g/mol. The van der Waals surface area contributed by atoms with Crippen LogP contribution < -0.4 is 15.4 Å². The van der Waals surface area contributed by atoms with Crippen LogP contribution in [0.4, 0.5) is 9.59 Å². The Morgan fingerprint density at radius 2 is 1.31 bits per heavy atom. The highest BCUT2D eigenvalue weighted by Crippen LogP contribution is 2.18. The second-order valence-corrected chi connectivity index (χ2v) is 13.8. The minimum Gasteiger partial charge on any atom is -0.458 e. The molecule has 0 saturated carbocycles. The van der Waals surface area contributed by atoms with Crippen LogP contribution in [0.1, 0.15) is 62.5 Å². The van der Waals surface area contributed by atoms with Crippen LogP contribution in [0, 0.1) is 5.92 Å². The number of carbonyl (C=O) groups excluding carboxylic acids is 5. The fourth-order valence-electron chi connectivity index (χ4n) is 5.40. The van der Waals surface area contributed by atoms with E-state index >= 15 is 0 Å². The van der Waals surface area contributed by atoms with Gasteiger partial charge in [0.25, 0.3) is 5.91 Å². The van der Waals surface area contributed by atoms with Crippen LogP contribution in [0.5, 0.6) is 5.75 Å².